The Morgan fingerprint density at radius 3 is 2.55 bits per heavy atom. The van der Waals surface area contributed by atoms with Crippen molar-refractivity contribution in [2.24, 2.45) is 0 Å². The summed E-state index contributed by atoms with van der Waals surface area (Å²) in [7, 11) is 1.69. The Morgan fingerprint density at radius 1 is 0.903 bits per heavy atom. The summed E-state index contributed by atoms with van der Waals surface area (Å²) < 4.78 is 5.61. The smallest absolute Gasteiger partial charge is 0.124 e. The minimum atomic E-state index is -0.869. The molecule has 3 aromatic carbocycles. The molecule has 0 bridgehead atoms. The number of aliphatic hydroxyl groups is 1. The number of hydrogen-bond donors (Lipinski definition) is 1. The predicted octanol–water partition coefficient (Wildman–Crippen LogP) is 4.96. The van der Waals surface area contributed by atoms with Gasteiger partial charge in [-0.2, -0.15) is 0 Å². The van der Waals surface area contributed by atoms with Gasteiger partial charge in [-0.1, -0.05) is 60.7 Å². The fraction of sp³-hybridized carbons (Fsp3) is 0.357. The van der Waals surface area contributed by atoms with E-state index in [9.17, 15) is 5.11 Å². The third-order valence-electron chi connectivity index (χ3n) is 7.84. The number of benzene rings is 3. The molecule has 3 aliphatic rings. The normalized spacial score (nSPS) is 26.9. The van der Waals surface area contributed by atoms with Crippen LogP contribution in [0.5, 0.6) is 5.75 Å². The van der Waals surface area contributed by atoms with Gasteiger partial charge in [0.25, 0.3) is 0 Å². The second-order valence-electron chi connectivity index (χ2n) is 9.37. The summed E-state index contributed by atoms with van der Waals surface area (Å²) in [6.07, 6.45) is 3.64. The van der Waals surface area contributed by atoms with Crippen LogP contribution in [0.15, 0.2) is 66.7 Å². The van der Waals surface area contributed by atoms with Gasteiger partial charge < -0.3 is 9.84 Å². The van der Waals surface area contributed by atoms with E-state index >= 15 is 0 Å². The molecule has 31 heavy (non-hydrogen) atoms. The third-order valence-corrected chi connectivity index (χ3v) is 7.84. The molecule has 0 amide bonds. The average molecular weight is 412 g/mol. The van der Waals surface area contributed by atoms with E-state index in [0.717, 1.165) is 43.7 Å². The minimum absolute atomic E-state index is 0.236. The zero-order chi connectivity index (χ0) is 21.0. The third kappa shape index (κ3) is 2.95. The number of nitrogens with zero attached hydrogens (tertiary/aromatic N) is 1. The highest BCUT2D eigenvalue weighted by Gasteiger charge is 2.46. The summed E-state index contributed by atoms with van der Waals surface area (Å²) in [5.74, 6) is 1.21. The molecule has 1 saturated heterocycles. The van der Waals surface area contributed by atoms with Crippen LogP contribution in [-0.4, -0.2) is 30.2 Å². The van der Waals surface area contributed by atoms with Crippen LogP contribution < -0.4 is 4.74 Å². The quantitative estimate of drug-likeness (QED) is 0.647. The van der Waals surface area contributed by atoms with Crippen molar-refractivity contribution in [2.45, 2.75) is 43.2 Å². The molecule has 0 radical (unpaired) electrons. The SMILES string of the molecule is COc1ccccc1[C@@]1(O)CCN2C[C@@H]3c4ccccc4CCc4cccc(c43)[C@H]2C1. The molecule has 3 heteroatoms. The Balaban J connectivity index is 1.45. The first kappa shape index (κ1) is 19.1. The van der Waals surface area contributed by atoms with Crippen LogP contribution in [0.1, 0.15) is 58.2 Å². The molecule has 3 nitrogen and oxygen atoms in total. The van der Waals surface area contributed by atoms with Gasteiger partial charge >= 0.3 is 0 Å². The Bertz CT molecular complexity index is 1140. The van der Waals surface area contributed by atoms with Gasteiger partial charge in [0.05, 0.1) is 12.7 Å². The maximum absolute atomic E-state index is 11.8. The van der Waals surface area contributed by atoms with Gasteiger partial charge in [-0.15, -0.1) is 0 Å². The Morgan fingerprint density at radius 2 is 1.65 bits per heavy atom. The molecule has 0 saturated carbocycles. The lowest BCUT2D eigenvalue weighted by Crippen LogP contribution is -2.48. The number of piperidine rings is 1. The maximum atomic E-state index is 11.8. The summed E-state index contributed by atoms with van der Waals surface area (Å²) in [5.41, 5.74) is 7.48. The topological polar surface area (TPSA) is 32.7 Å². The Labute approximate surface area is 184 Å². The summed E-state index contributed by atoms with van der Waals surface area (Å²) in [6, 6.07) is 24.1. The van der Waals surface area contributed by atoms with Crippen LogP contribution >= 0.6 is 0 Å². The Hall–Kier alpha value is -2.62. The van der Waals surface area contributed by atoms with E-state index < -0.39 is 5.60 Å². The van der Waals surface area contributed by atoms with Gasteiger partial charge in [-0.25, -0.2) is 0 Å². The van der Waals surface area contributed by atoms with Gasteiger partial charge in [0, 0.05) is 37.0 Å². The molecule has 0 unspecified atom stereocenters. The lowest BCUT2D eigenvalue weighted by atomic mass is 9.72. The maximum Gasteiger partial charge on any atom is 0.124 e. The molecule has 0 spiro atoms. The minimum Gasteiger partial charge on any atom is -0.496 e. The highest BCUT2D eigenvalue weighted by molar-refractivity contribution is 5.52. The molecule has 0 aromatic heterocycles. The molecular formula is C28H29NO2. The number of fused-ring (bicyclic) bond motifs is 4. The monoisotopic (exact) mass is 411 g/mol. The van der Waals surface area contributed by atoms with Crippen molar-refractivity contribution in [1.29, 1.82) is 0 Å². The first-order valence-corrected chi connectivity index (χ1v) is 11.5. The van der Waals surface area contributed by atoms with Crippen LogP contribution in [-0.2, 0) is 18.4 Å². The first-order valence-electron chi connectivity index (χ1n) is 11.5. The summed E-state index contributed by atoms with van der Waals surface area (Å²) in [5, 5.41) is 11.8. The van der Waals surface area contributed by atoms with Crippen molar-refractivity contribution < 1.29 is 9.84 Å². The van der Waals surface area contributed by atoms with Gasteiger partial charge in [-0.3, -0.25) is 4.90 Å². The average Bonchev–Trinajstić information content (AvgIpc) is 2.98. The van der Waals surface area contributed by atoms with E-state index in [1.165, 1.54) is 27.8 Å². The van der Waals surface area contributed by atoms with Crippen LogP contribution in [0.3, 0.4) is 0 Å². The number of ether oxygens (including phenoxy) is 1. The lowest BCUT2D eigenvalue weighted by molar-refractivity contribution is -0.0583. The van der Waals surface area contributed by atoms with Crippen molar-refractivity contribution in [1.82, 2.24) is 4.90 Å². The summed E-state index contributed by atoms with van der Waals surface area (Å²) in [6.45, 7) is 1.93. The Kier molecular flexibility index (Phi) is 4.45. The zero-order valence-corrected chi connectivity index (χ0v) is 18.1. The van der Waals surface area contributed by atoms with Crippen LogP contribution in [0.4, 0.5) is 0 Å². The molecule has 1 fully saturated rings. The highest BCUT2D eigenvalue weighted by atomic mass is 16.5. The fourth-order valence-corrected chi connectivity index (χ4v) is 6.35. The largest absolute Gasteiger partial charge is 0.496 e. The molecule has 2 heterocycles. The van der Waals surface area contributed by atoms with Gasteiger partial charge in [0.2, 0.25) is 0 Å². The van der Waals surface area contributed by atoms with Crippen LogP contribution in [0.25, 0.3) is 0 Å². The second-order valence-corrected chi connectivity index (χ2v) is 9.37. The second kappa shape index (κ2) is 7.22. The highest BCUT2D eigenvalue weighted by Crippen LogP contribution is 2.51. The van der Waals surface area contributed by atoms with E-state index in [2.05, 4.69) is 47.4 Å². The van der Waals surface area contributed by atoms with Gasteiger partial charge in [0.15, 0.2) is 0 Å². The summed E-state index contributed by atoms with van der Waals surface area (Å²) in [4.78, 5) is 2.61. The number of para-hydroxylation sites is 1. The van der Waals surface area contributed by atoms with Gasteiger partial charge in [0.1, 0.15) is 5.75 Å². The summed E-state index contributed by atoms with van der Waals surface area (Å²) >= 11 is 0. The van der Waals surface area contributed by atoms with E-state index in [1.54, 1.807) is 7.11 Å². The van der Waals surface area contributed by atoms with Crippen molar-refractivity contribution in [3.05, 3.63) is 100 Å². The first-order chi connectivity index (χ1) is 15.2. The van der Waals surface area contributed by atoms with E-state index in [4.69, 9.17) is 4.74 Å². The van der Waals surface area contributed by atoms with Crippen molar-refractivity contribution in [2.75, 3.05) is 20.2 Å². The molecule has 3 atom stereocenters. The molecular weight excluding hydrogens is 382 g/mol. The van der Waals surface area contributed by atoms with Crippen molar-refractivity contribution >= 4 is 0 Å². The number of hydrogen-bond acceptors (Lipinski definition) is 3. The number of rotatable bonds is 2. The standard InChI is InChI=1S/C28H29NO2/c1-31-26-12-5-4-11-24(26)28(30)15-16-29-18-23-21-9-3-2-7-19(21)13-14-20-8-6-10-22(27(20)23)25(29)17-28/h2-12,23,25,30H,13-18H2,1H3/t23-,25-,28-/m1/s1. The number of aryl methyl sites for hydroxylation is 2. The van der Waals surface area contributed by atoms with Crippen molar-refractivity contribution in [3.8, 4) is 5.75 Å². The zero-order valence-electron chi connectivity index (χ0n) is 18.1. The fourth-order valence-electron chi connectivity index (χ4n) is 6.35. The van der Waals surface area contributed by atoms with E-state index in [1.807, 2.05) is 24.3 Å². The molecule has 6 rings (SSSR count). The van der Waals surface area contributed by atoms with E-state index in [-0.39, 0.29) is 6.04 Å². The molecule has 1 aliphatic carbocycles. The predicted molar refractivity (Wildman–Crippen MR) is 123 cm³/mol. The van der Waals surface area contributed by atoms with Gasteiger partial charge in [-0.05, 0) is 53.1 Å². The number of methoxy groups -OCH3 is 1. The molecule has 1 N–H and O–H groups in total. The van der Waals surface area contributed by atoms with Crippen LogP contribution in [0.2, 0.25) is 0 Å². The van der Waals surface area contributed by atoms with Crippen molar-refractivity contribution in [3.63, 3.8) is 0 Å². The lowest BCUT2D eigenvalue weighted by Gasteiger charge is -2.49. The molecule has 2 aliphatic heterocycles. The van der Waals surface area contributed by atoms with Crippen LogP contribution in [0, 0.1) is 0 Å². The molecule has 158 valence electrons. The molecule has 3 aromatic rings. The van der Waals surface area contributed by atoms with E-state index in [0.29, 0.717) is 12.3 Å².